The van der Waals surface area contributed by atoms with Gasteiger partial charge in [0.25, 0.3) is 0 Å². The lowest BCUT2D eigenvalue weighted by atomic mass is 10.3. The van der Waals surface area contributed by atoms with Crippen LogP contribution in [-0.2, 0) is 10.0 Å². The number of hydrogen-bond acceptors (Lipinski definition) is 5. The second-order valence-electron chi connectivity index (χ2n) is 5.30. The molecule has 0 amide bonds. The van der Waals surface area contributed by atoms with Gasteiger partial charge in [-0.15, -0.1) is 10.2 Å². The maximum atomic E-state index is 12.5. The first-order valence-corrected chi connectivity index (χ1v) is 8.15. The smallest absolute Gasteiger partial charge is 0.244 e. The molecule has 9 heteroatoms. The Morgan fingerprint density at radius 3 is 2.48 bits per heavy atom. The Bertz CT molecular complexity index is 711. The summed E-state index contributed by atoms with van der Waals surface area (Å²) in [5.74, 6) is 0.576. The molecule has 0 bridgehead atoms. The molecule has 0 aliphatic heterocycles. The molecule has 0 aliphatic rings. The van der Waals surface area contributed by atoms with E-state index < -0.39 is 16.1 Å². The van der Waals surface area contributed by atoms with Gasteiger partial charge in [-0.2, -0.15) is 5.10 Å². The van der Waals surface area contributed by atoms with Crippen molar-refractivity contribution >= 4 is 10.0 Å². The summed E-state index contributed by atoms with van der Waals surface area (Å²) in [7, 11) is -3.67. The molecule has 0 aliphatic carbocycles. The molecule has 0 radical (unpaired) electrons. The first-order chi connectivity index (χ1) is 9.74. The monoisotopic (exact) mass is 312 g/mol. The fourth-order valence-electron chi connectivity index (χ4n) is 2.24. The van der Waals surface area contributed by atoms with Crippen LogP contribution in [0, 0.1) is 13.8 Å². The molecule has 2 aromatic rings. The van der Waals surface area contributed by atoms with Crippen LogP contribution in [0.15, 0.2) is 11.2 Å². The zero-order valence-corrected chi connectivity index (χ0v) is 13.6. The summed E-state index contributed by atoms with van der Waals surface area (Å²) >= 11 is 0. The number of nitrogens with one attached hydrogen (secondary N) is 2. The molecule has 2 aromatic heterocycles. The molecule has 116 valence electrons. The lowest BCUT2D eigenvalue weighted by molar-refractivity contribution is 0.514. The van der Waals surface area contributed by atoms with E-state index in [2.05, 4.69) is 25.1 Å². The number of aromatic amines is 1. The second-order valence-corrected chi connectivity index (χ2v) is 6.95. The minimum Gasteiger partial charge on any atom is -0.314 e. The van der Waals surface area contributed by atoms with Crippen molar-refractivity contribution in [2.45, 2.75) is 51.6 Å². The molecule has 0 fully saturated rings. The Morgan fingerprint density at radius 1 is 1.29 bits per heavy atom. The van der Waals surface area contributed by atoms with Crippen molar-refractivity contribution in [2.75, 3.05) is 0 Å². The van der Waals surface area contributed by atoms with E-state index in [0.717, 1.165) is 0 Å². The third kappa shape index (κ3) is 2.98. The van der Waals surface area contributed by atoms with Crippen molar-refractivity contribution in [3.8, 4) is 0 Å². The van der Waals surface area contributed by atoms with E-state index in [4.69, 9.17) is 0 Å². The number of rotatable bonds is 5. The quantitative estimate of drug-likeness (QED) is 0.864. The molecule has 0 saturated heterocycles. The average molecular weight is 312 g/mol. The Kier molecular flexibility index (Phi) is 4.15. The minimum absolute atomic E-state index is 0.152. The number of aromatic nitrogens is 5. The number of hydrogen-bond donors (Lipinski definition) is 2. The molecule has 0 aromatic carbocycles. The van der Waals surface area contributed by atoms with Crippen LogP contribution in [0.3, 0.4) is 0 Å². The van der Waals surface area contributed by atoms with Crippen LogP contribution in [-0.4, -0.2) is 33.4 Å². The normalized spacial score (nSPS) is 13.8. The summed E-state index contributed by atoms with van der Waals surface area (Å²) in [5, 5.41) is 14.5. The van der Waals surface area contributed by atoms with Gasteiger partial charge in [0.1, 0.15) is 11.2 Å². The Hall–Kier alpha value is -1.74. The van der Waals surface area contributed by atoms with Crippen molar-refractivity contribution in [3.63, 3.8) is 0 Å². The summed E-state index contributed by atoms with van der Waals surface area (Å²) in [6.45, 7) is 9.04. The molecule has 0 unspecified atom stereocenters. The van der Waals surface area contributed by atoms with Crippen molar-refractivity contribution in [2.24, 2.45) is 0 Å². The van der Waals surface area contributed by atoms with E-state index in [-0.39, 0.29) is 10.9 Å². The standard InChI is InChI=1S/C12H20N6O2S/c1-7(2)18-6-13-16-12(18)10(5)17-21(19,20)11-8(3)14-15-9(11)4/h6-7,10,17H,1-5H3,(H,14,15)/t10-/m0/s1. The summed E-state index contributed by atoms with van der Waals surface area (Å²) in [4.78, 5) is 0.185. The summed E-state index contributed by atoms with van der Waals surface area (Å²) in [6, 6.07) is -0.340. The van der Waals surface area contributed by atoms with Gasteiger partial charge in [-0.1, -0.05) is 0 Å². The zero-order valence-electron chi connectivity index (χ0n) is 12.7. The molecule has 0 saturated carbocycles. The van der Waals surface area contributed by atoms with E-state index in [9.17, 15) is 8.42 Å². The first-order valence-electron chi connectivity index (χ1n) is 6.67. The van der Waals surface area contributed by atoms with E-state index >= 15 is 0 Å². The summed E-state index contributed by atoms with van der Waals surface area (Å²) in [5.41, 5.74) is 0.954. The molecule has 8 nitrogen and oxygen atoms in total. The maximum Gasteiger partial charge on any atom is 0.244 e. The van der Waals surface area contributed by atoms with E-state index in [1.54, 1.807) is 27.1 Å². The predicted octanol–water partition coefficient (Wildman–Crippen LogP) is 1.24. The fraction of sp³-hybridized carbons (Fsp3) is 0.583. The number of nitrogens with zero attached hydrogens (tertiary/aromatic N) is 4. The second kappa shape index (κ2) is 5.57. The van der Waals surface area contributed by atoms with Crippen LogP contribution in [0.1, 0.15) is 50.1 Å². The summed E-state index contributed by atoms with van der Waals surface area (Å²) < 4.78 is 29.4. The highest BCUT2D eigenvalue weighted by Gasteiger charge is 2.26. The largest absolute Gasteiger partial charge is 0.314 e. The van der Waals surface area contributed by atoms with Gasteiger partial charge >= 0.3 is 0 Å². The van der Waals surface area contributed by atoms with Gasteiger partial charge in [0, 0.05) is 6.04 Å². The lowest BCUT2D eigenvalue weighted by Crippen LogP contribution is -2.29. The van der Waals surface area contributed by atoms with Gasteiger partial charge in [0.05, 0.1) is 17.4 Å². The Morgan fingerprint density at radius 2 is 1.95 bits per heavy atom. The predicted molar refractivity (Wildman–Crippen MR) is 77.2 cm³/mol. The van der Waals surface area contributed by atoms with Crippen molar-refractivity contribution in [1.29, 1.82) is 0 Å². The van der Waals surface area contributed by atoms with Crippen LogP contribution >= 0.6 is 0 Å². The molecule has 2 heterocycles. The highest BCUT2D eigenvalue weighted by Crippen LogP contribution is 2.21. The van der Waals surface area contributed by atoms with Gasteiger partial charge in [0.15, 0.2) is 5.82 Å². The van der Waals surface area contributed by atoms with Crippen LogP contribution in [0.2, 0.25) is 0 Å². The highest BCUT2D eigenvalue weighted by atomic mass is 32.2. The van der Waals surface area contributed by atoms with E-state index in [0.29, 0.717) is 17.2 Å². The molecule has 0 spiro atoms. The van der Waals surface area contributed by atoms with E-state index in [1.165, 1.54) is 0 Å². The number of H-pyrrole nitrogens is 1. The molecular weight excluding hydrogens is 292 g/mol. The maximum absolute atomic E-state index is 12.5. The van der Waals surface area contributed by atoms with Gasteiger partial charge in [-0.25, -0.2) is 13.1 Å². The topological polar surface area (TPSA) is 106 Å². The Balaban J connectivity index is 2.31. The molecule has 21 heavy (non-hydrogen) atoms. The van der Waals surface area contributed by atoms with Crippen LogP contribution in [0.5, 0.6) is 0 Å². The van der Waals surface area contributed by atoms with Crippen molar-refractivity contribution in [3.05, 3.63) is 23.5 Å². The van der Waals surface area contributed by atoms with E-state index in [1.807, 2.05) is 18.4 Å². The van der Waals surface area contributed by atoms with Gasteiger partial charge < -0.3 is 4.57 Å². The third-order valence-corrected chi connectivity index (χ3v) is 5.01. The van der Waals surface area contributed by atoms with Crippen LogP contribution in [0.4, 0.5) is 0 Å². The van der Waals surface area contributed by atoms with Crippen LogP contribution < -0.4 is 4.72 Å². The molecule has 2 rings (SSSR count). The van der Waals surface area contributed by atoms with Gasteiger partial charge in [-0.3, -0.25) is 5.10 Å². The average Bonchev–Trinajstić information content (AvgIpc) is 2.95. The molecule has 2 N–H and O–H groups in total. The fourth-order valence-corrected chi connectivity index (χ4v) is 3.81. The number of aryl methyl sites for hydroxylation is 2. The summed E-state index contributed by atoms with van der Waals surface area (Å²) in [6.07, 6.45) is 1.60. The highest BCUT2D eigenvalue weighted by molar-refractivity contribution is 7.89. The lowest BCUT2D eigenvalue weighted by Gasteiger charge is -2.17. The SMILES string of the molecule is Cc1n[nH]c(C)c1S(=O)(=O)N[C@@H](C)c1nncn1C(C)C. The van der Waals surface area contributed by atoms with Crippen LogP contribution in [0.25, 0.3) is 0 Å². The molecular formula is C12H20N6O2S. The zero-order chi connectivity index (χ0) is 15.8. The van der Waals surface area contributed by atoms with Crippen molar-refractivity contribution < 1.29 is 8.42 Å². The first kappa shape index (κ1) is 15.6. The third-order valence-electron chi connectivity index (χ3n) is 3.21. The number of sulfonamides is 1. The van der Waals surface area contributed by atoms with Crippen molar-refractivity contribution in [1.82, 2.24) is 29.7 Å². The van der Waals surface area contributed by atoms with Gasteiger partial charge in [0.2, 0.25) is 10.0 Å². The minimum atomic E-state index is -3.67. The molecule has 1 atom stereocenters. The van der Waals surface area contributed by atoms with Gasteiger partial charge in [-0.05, 0) is 34.6 Å². The Labute approximate surface area is 124 Å².